The number of nitriles is 1. The van der Waals surface area contributed by atoms with Crippen LogP contribution in [0.1, 0.15) is 27.8 Å². The SMILES string of the molecule is N#Cc1ccc(-c2cc(C=Cc3cccnc3)cc3c2CN(C(=O)O)C3)cc1. The second-order valence-corrected chi connectivity index (χ2v) is 6.65. The molecule has 0 unspecified atom stereocenters. The van der Waals surface area contributed by atoms with Gasteiger partial charge in [-0.25, -0.2) is 4.79 Å². The molecule has 28 heavy (non-hydrogen) atoms. The normalized spacial score (nSPS) is 12.8. The maximum absolute atomic E-state index is 11.5. The van der Waals surface area contributed by atoms with Crippen LogP contribution < -0.4 is 0 Å². The number of carbonyl (C=O) groups is 1. The predicted octanol–water partition coefficient (Wildman–Crippen LogP) is 4.78. The second-order valence-electron chi connectivity index (χ2n) is 6.65. The molecule has 1 aliphatic rings. The van der Waals surface area contributed by atoms with E-state index in [-0.39, 0.29) is 0 Å². The Kier molecular flexibility index (Phi) is 4.61. The number of amides is 1. The Labute approximate surface area is 162 Å². The number of rotatable bonds is 3. The highest BCUT2D eigenvalue weighted by Crippen LogP contribution is 2.35. The molecule has 0 atom stereocenters. The summed E-state index contributed by atoms with van der Waals surface area (Å²) in [4.78, 5) is 17.0. The zero-order valence-electron chi connectivity index (χ0n) is 15.0. The highest BCUT2D eigenvalue weighted by atomic mass is 16.4. The van der Waals surface area contributed by atoms with E-state index in [9.17, 15) is 9.90 Å². The van der Waals surface area contributed by atoms with Gasteiger partial charge in [-0.05, 0) is 63.7 Å². The smallest absolute Gasteiger partial charge is 0.407 e. The largest absolute Gasteiger partial charge is 0.465 e. The van der Waals surface area contributed by atoms with Crippen LogP contribution in [0.3, 0.4) is 0 Å². The molecule has 0 saturated carbocycles. The molecule has 0 bridgehead atoms. The monoisotopic (exact) mass is 367 g/mol. The van der Waals surface area contributed by atoms with Gasteiger partial charge in [-0.1, -0.05) is 30.4 Å². The van der Waals surface area contributed by atoms with Crippen LogP contribution in [0.15, 0.2) is 60.9 Å². The molecule has 4 rings (SSSR count). The molecule has 1 N–H and O–H groups in total. The van der Waals surface area contributed by atoms with E-state index in [1.807, 2.05) is 42.5 Å². The summed E-state index contributed by atoms with van der Waals surface area (Å²) in [5.41, 5.74) is 6.58. The Morgan fingerprint density at radius 3 is 2.57 bits per heavy atom. The lowest BCUT2D eigenvalue weighted by atomic mass is 9.93. The fraction of sp³-hybridized carbons (Fsp3) is 0.0870. The van der Waals surface area contributed by atoms with Gasteiger partial charge in [0.05, 0.1) is 18.2 Å². The number of nitrogens with zero attached hydrogens (tertiary/aromatic N) is 3. The first-order chi connectivity index (χ1) is 13.6. The molecule has 5 nitrogen and oxygen atoms in total. The lowest BCUT2D eigenvalue weighted by molar-refractivity contribution is 0.145. The lowest BCUT2D eigenvalue weighted by Gasteiger charge is -2.11. The van der Waals surface area contributed by atoms with Gasteiger partial charge in [0.2, 0.25) is 0 Å². The minimum atomic E-state index is -0.922. The average Bonchev–Trinajstić information content (AvgIpc) is 3.17. The van der Waals surface area contributed by atoms with Crippen LogP contribution in [0.5, 0.6) is 0 Å². The van der Waals surface area contributed by atoms with E-state index in [1.54, 1.807) is 24.5 Å². The molecule has 1 aromatic heterocycles. The van der Waals surface area contributed by atoms with Crippen molar-refractivity contribution >= 4 is 18.2 Å². The van der Waals surface area contributed by atoms with E-state index in [0.29, 0.717) is 18.7 Å². The van der Waals surface area contributed by atoms with Gasteiger partial charge < -0.3 is 5.11 Å². The van der Waals surface area contributed by atoms with E-state index in [1.165, 1.54) is 4.90 Å². The lowest BCUT2D eigenvalue weighted by Crippen LogP contribution is -2.22. The van der Waals surface area contributed by atoms with Gasteiger partial charge in [-0.3, -0.25) is 9.88 Å². The minimum absolute atomic E-state index is 0.368. The maximum atomic E-state index is 11.5. The van der Waals surface area contributed by atoms with Crippen molar-refractivity contribution in [2.24, 2.45) is 0 Å². The zero-order chi connectivity index (χ0) is 19.5. The van der Waals surface area contributed by atoms with E-state index in [0.717, 1.165) is 33.4 Å². The van der Waals surface area contributed by atoms with Crippen molar-refractivity contribution in [1.82, 2.24) is 9.88 Å². The quantitative estimate of drug-likeness (QED) is 0.722. The van der Waals surface area contributed by atoms with Crippen molar-refractivity contribution in [3.63, 3.8) is 0 Å². The van der Waals surface area contributed by atoms with Crippen molar-refractivity contribution in [3.05, 3.63) is 88.7 Å². The molecule has 0 aliphatic carbocycles. The standard InChI is InChI=1S/C23H17N3O2/c24-12-16-5-7-19(8-6-16)21-11-18(4-3-17-2-1-9-25-13-17)10-20-14-26(23(27)28)15-22(20)21/h1-11,13H,14-15H2,(H,27,28). The summed E-state index contributed by atoms with van der Waals surface area (Å²) in [6.45, 7) is 0.745. The number of pyridine rings is 1. The van der Waals surface area contributed by atoms with Crippen LogP contribution in [0.4, 0.5) is 4.79 Å². The van der Waals surface area contributed by atoms with Gasteiger partial charge in [0.1, 0.15) is 0 Å². The molecule has 136 valence electrons. The molecule has 0 fully saturated rings. The van der Waals surface area contributed by atoms with E-state index < -0.39 is 6.09 Å². The fourth-order valence-corrected chi connectivity index (χ4v) is 3.42. The average molecular weight is 367 g/mol. The summed E-state index contributed by atoms with van der Waals surface area (Å²) >= 11 is 0. The third kappa shape index (κ3) is 3.49. The summed E-state index contributed by atoms with van der Waals surface area (Å²) in [6, 6.07) is 17.5. The van der Waals surface area contributed by atoms with Crippen LogP contribution in [-0.2, 0) is 13.1 Å². The molecular formula is C23H17N3O2. The molecule has 5 heteroatoms. The first kappa shape index (κ1) is 17.5. The van der Waals surface area contributed by atoms with E-state index in [2.05, 4.69) is 17.1 Å². The summed E-state index contributed by atoms with van der Waals surface area (Å²) < 4.78 is 0. The van der Waals surface area contributed by atoms with Gasteiger partial charge in [-0.2, -0.15) is 5.26 Å². The van der Waals surface area contributed by atoms with Crippen LogP contribution in [0.2, 0.25) is 0 Å². The van der Waals surface area contributed by atoms with Crippen molar-refractivity contribution in [2.45, 2.75) is 13.1 Å². The Morgan fingerprint density at radius 2 is 1.89 bits per heavy atom. The highest BCUT2D eigenvalue weighted by Gasteiger charge is 2.26. The first-order valence-electron chi connectivity index (χ1n) is 8.86. The van der Waals surface area contributed by atoms with Gasteiger partial charge in [0, 0.05) is 18.9 Å². The van der Waals surface area contributed by atoms with E-state index >= 15 is 0 Å². The van der Waals surface area contributed by atoms with Crippen LogP contribution in [0, 0.1) is 11.3 Å². The molecule has 2 heterocycles. The molecule has 3 aromatic rings. The summed E-state index contributed by atoms with van der Waals surface area (Å²) in [5, 5.41) is 18.4. The van der Waals surface area contributed by atoms with Crippen LogP contribution in [-0.4, -0.2) is 21.1 Å². The first-order valence-corrected chi connectivity index (χ1v) is 8.86. The Hall–Kier alpha value is -3.91. The summed E-state index contributed by atoms with van der Waals surface area (Å²) in [6.07, 6.45) is 6.59. The predicted molar refractivity (Wildman–Crippen MR) is 107 cm³/mol. The Morgan fingerprint density at radius 1 is 1.11 bits per heavy atom. The summed E-state index contributed by atoms with van der Waals surface area (Å²) in [7, 11) is 0. The Balaban J connectivity index is 1.77. The number of carboxylic acid groups (broad SMARTS) is 1. The molecule has 1 aliphatic heterocycles. The highest BCUT2D eigenvalue weighted by molar-refractivity contribution is 5.78. The third-order valence-corrected chi connectivity index (χ3v) is 4.82. The number of benzene rings is 2. The molecule has 2 aromatic carbocycles. The summed E-state index contributed by atoms with van der Waals surface area (Å²) in [5.74, 6) is 0. The number of hydrogen-bond donors (Lipinski definition) is 1. The fourth-order valence-electron chi connectivity index (χ4n) is 3.42. The molecule has 0 radical (unpaired) electrons. The topological polar surface area (TPSA) is 77.2 Å². The van der Waals surface area contributed by atoms with Crippen molar-refractivity contribution < 1.29 is 9.90 Å². The van der Waals surface area contributed by atoms with Gasteiger partial charge >= 0.3 is 6.09 Å². The Bertz CT molecular complexity index is 1100. The van der Waals surface area contributed by atoms with Gasteiger partial charge in [-0.15, -0.1) is 0 Å². The molecule has 0 saturated heterocycles. The number of hydrogen-bond acceptors (Lipinski definition) is 3. The van der Waals surface area contributed by atoms with Crippen molar-refractivity contribution in [1.29, 1.82) is 5.26 Å². The number of aromatic nitrogens is 1. The minimum Gasteiger partial charge on any atom is -0.465 e. The van der Waals surface area contributed by atoms with Gasteiger partial charge in [0.15, 0.2) is 0 Å². The molecule has 1 amide bonds. The van der Waals surface area contributed by atoms with Crippen LogP contribution >= 0.6 is 0 Å². The maximum Gasteiger partial charge on any atom is 0.407 e. The van der Waals surface area contributed by atoms with Crippen molar-refractivity contribution in [2.75, 3.05) is 0 Å². The second kappa shape index (κ2) is 7.37. The van der Waals surface area contributed by atoms with Gasteiger partial charge in [0.25, 0.3) is 0 Å². The molecular weight excluding hydrogens is 350 g/mol. The molecule has 0 spiro atoms. The number of fused-ring (bicyclic) bond motifs is 1. The van der Waals surface area contributed by atoms with Crippen molar-refractivity contribution in [3.8, 4) is 17.2 Å². The third-order valence-electron chi connectivity index (χ3n) is 4.82. The van der Waals surface area contributed by atoms with Crippen LogP contribution in [0.25, 0.3) is 23.3 Å². The van der Waals surface area contributed by atoms with E-state index in [4.69, 9.17) is 5.26 Å². The zero-order valence-corrected chi connectivity index (χ0v) is 15.0.